The van der Waals surface area contributed by atoms with Gasteiger partial charge in [0.05, 0.1) is 5.56 Å². The minimum absolute atomic E-state index is 0.109. The predicted molar refractivity (Wildman–Crippen MR) is 77.2 cm³/mol. The van der Waals surface area contributed by atoms with Crippen LogP contribution >= 0.6 is 0 Å². The zero-order chi connectivity index (χ0) is 14.1. The van der Waals surface area contributed by atoms with Crippen molar-refractivity contribution in [3.05, 3.63) is 18.0 Å². The lowest BCUT2D eigenvalue weighted by Gasteiger charge is -2.07. The first-order chi connectivity index (χ1) is 9.13. The molecule has 19 heavy (non-hydrogen) atoms. The van der Waals surface area contributed by atoms with Gasteiger partial charge in [0.1, 0.15) is 0 Å². The molecule has 2 N–H and O–H groups in total. The van der Waals surface area contributed by atoms with Gasteiger partial charge in [0, 0.05) is 25.5 Å². The molecule has 5 nitrogen and oxygen atoms in total. The summed E-state index contributed by atoms with van der Waals surface area (Å²) in [6.07, 6.45) is 6.25. The maximum Gasteiger partial charge on any atom is 0.254 e. The van der Waals surface area contributed by atoms with E-state index < -0.39 is 0 Å². The van der Waals surface area contributed by atoms with E-state index in [4.69, 9.17) is 0 Å². The number of amides is 1. The zero-order valence-corrected chi connectivity index (χ0v) is 12.1. The highest BCUT2D eigenvalue weighted by atomic mass is 16.1. The lowest BCUT2D eigenvalue weighted by molar-refractivity contribution is 0.0952. The van der Waals surface area contributed by atoms with E-state index in [9.17, 15) is 4.79 Å². The van der Waals surface area contributed by atoms with Crippen LogP contribution in [-0.2, 0) is 0 Å². The fourth-order valence-electron chi connectivity index (χ4n) is 1.49. The summed E-state index contributed by atoms with van der Waals surface area (Å²) in [5.74, 6) is 1.11. The second-order valence-electron chi connectivity index (χ2n) is 5.01. The van der Waals surface area contributed by atoms with Gasteiger partial charge in [0.25, 0.3) is 5.91 Å². The average Bonchev–Trinajstić information content (AvgIpc) is 2.39. The Morgan fingerprint density at radius 3 is 2.53 bits per heavy atom. The molecule has 0 spiro atoms. The van der Waals surface area contributed by atoms with Gasteiger partial charge in [-0.2, -0.15) is 0 Å². The molecule has 0 radical (unpaired) electrons. The molecule has 0 aliphatic heterocycles. The highest BCUT2D eigenvalue weighted by Crippen LogP contribution is 2.03. The number of hydrogen-bond acceptors (Lipinski definition) is 4. The van der Waals surface area contributed by atoms with Crippen LogP contribution in [0.4, 0.5) is 5.95 Å². The van der Waals surface area contributed by atoms with Crippen molar-refractivity contribution in [2.75, 3.05) is 18.4 Å². The Morgan fingerprint density at radius 1 is 1.26 bits per heavy atom. The highest BCUT2D eigenvalue weighted by molar-refractivity contribution is 5.93. The van der Waals surface area contributed by atoms with Crippen LogP contribution in [-0.4, -0.2) is 29.0 Å². The molecule has 0 bridgehead atoms. The first-order valence-electron chi connectivity index (χ1n) is 6.97. The highest BCUT2D eigenvalue weighted by Gasteiger charge is 2.06. The Morgan fingerprint density at radius 2 is 1.95 bits per heavy atom. The monoisotopic (exact) mass is 264 g/mol. The molecule has 0 unspecified atom stereocenters. The SMILES string of the molecule is CCCCNC(=O)c1cnc(NCCC(C)C)nc1. The van der Waals surface area contributed by atoms with Crippen LogP contribution in [0.3, 0.4) is 0 Å². The van der Waals surface area contributed by atoms with Crippen LogP contribution in [0.15, 0.2) is 12.4 Å². The number of carbonyl (C=O) groups excluding carboxylic acids is 1. The Labute approximate surface area is 115 Å². The van der Waals surface area contributed by atoms with Gasteiger partial charge in [-0.1, -0.05) is 27.2 Å². The van der Waals surface area contributed by atoms with Crippen LogP contribution in [0.25, 0.3) is 0 Å². The van der Waals surface area contributed by atoms with Crippen molar-refractivity contribution in [3.8, 4) is 0 Å². The largest absolute Gasteiger partial charge is 0.354 e. The fraction of sp³-hybridized carbons (Fsp3) is 0.643. The van der Waals surface area contributed by atoms with E-state index in [1.807, 2.05) is 0 Å². The Balaban J connectivity index is 2.40. The minimum atomic E-state index is -0.109. The van der Waals surface area contributed by atoms with Crippen LogP contribution in [0.5, 0.6) is 0 Å². The van der Waals surface area contributed by atoms with Crippen molar-refractivity contribution in [1.29, 1.82) is 0 Å². The predicted octanol–water partition coefficient (Wildman–Crippen LogP) is 2.46. The first-order valence-corrected chi connectivity index (χ1v) is 6.97. The molecule has 0 aliphatic rings. The van der Waals surface area contributed by atoms with E-state index in [1.54, 1.807) is 12.4 Å². The van der Waals surface area contributed by atoms with Crippen molar-refractivity contribution >= 4 is 11.9 Å². The number of rotatable bonds is 8. The van der Waals surface area contributed by atoms with E-state index in [-0.39, 0.29) is 5.91 Å². The molecule has 1 heterocycles. The number of nitrogens with zero attached hydrogens (tertiary/aromatic N) is 2. The van der Waals surface area contributed by atoms with Crippen LogP contribution < -0.4 is 10.6 Å². The molecule has 1 amide bonds. The number of carbonyl (C=O) groups is 1. The van der Waals surface area contributed by atoms with E-state index in [0.29, 0.717) is 24.0 Å². The summed E-state index contributed by atoms with van der Waals surface area (Å²) < 4.78 is 0. The molecule has 0 fully saturated rings. The third-order valence-electron chi connectivity index (χ3n) is 2.73. The van der Waals surface area contributed by atoms with E-state index in [2.05, 4.69) is 41.4 Å². The summed E-state index contributed by atoms with van der Waals surface area (Å²) in [4.78, 5) is 20.0. The molecule has 5 heteroatoms. The van der Waals surface area contributed by atoms with E-state index in [1.165, 1.54) is 0 Å². The average molecular weight is 264 g/mol. The van der Waals surface area contributed by atoms with Gasteiger partial charge in [-0.15, -0.1) is 0 Å². The van der Waals surface area contributed by atoms with Crippen molar-refractivity contribution in [2.45, 2.75) is 40.0 Å². The fourth-order valence-corrected chi connectivity index (χ4v) is 1.49. The van der Waals surface area contributed by atoms with Gasteiger partial charge >= 0.3 is 0 Å². The molecule has 106 valence electrons. The molecule has 1 rings (SSSR count). The van der Waals surface area contributed by atoms with E-state index in [0.717, 1.165) is 25.8 Å². The normalized spacial score (nSPS) is 10.5. The minimum Gasteiger partial charge on any atom is -0.354 e. The summed E-state index contributed by atoms with van der Waals surface area (Å²) in [5, 5.41) is 5.98. The maximum absolute atomic E-state index is 11.7. The second kappa shape index (κ2) is 8.45. The van der Waals surface area contributed by atoms with Gasteiger partial charge in [-0.3, -0.25) is 4.79 Å². The van der Waals surface area contributed by atoms with Crippen molar-refractivity contribution in [2.24, 2.45) is 5.92 Å². The molecule has 0 saturated heterocycles. The Hall–Kier alpha value is -1.65. The number of nitrogens with one attached hydrogen (secondary N) is 2. The van der Waals surface area contributed by atoms with Gasteiger partial charge in [-0.05, 0) is 18.8 Å². The summed E-state index contributed by atoms with van der Waals surface area (Å²) in [6.45, 7) is 7.98. The van der Waals surface area contributed by atoms with Crippen molar-refractivity contribution in [1.82, 2.24) is 15.3 Å². The first kappa shape index (κ1) is 15.4. The van der Waals surface area contributed by atoms with Crippen molar-refractivity contribution < 1.29 is 4.79 Å². The standard InChI is InChI=1S/C14H24N4O/c1-4-5-7-15-13(19)12-9-17-14(18-10-12)16-8-6-11(2)3/h9-11H,4-8H2,1-3H3,(H,15,19)(H,16,17,18). The molecular formula is C14H24N4O. The van der Waals surface area contributed by atoms with Crippen molar-refractivity contribution in [3.63, 3.8) is 0 Å². The molecule has 0 saturated carbocycles. The second-order valence-corrected chi connectivity index (χ2v) is 5.01. The molecule has 1 aromatic heterocycles. The van der Waals surface area contributed by atoms with Gasteiger partial charge in [-0.25, -0.2) is 9.97 Å². The molecule has 1 aromatic rings. The van der Waals surface area contributed by atoms with Gasteiger partial charge < -0.3 is 10.6 Å². The van der Waals surface area contributed by atoms with Gasteiger partial charge in [0.15, 0.2) is 0 Å². The lowest BCUT2D eigenvalue weighted by Crippen LogP contribution is -2.24. The van der Waals surface area contributed by atoms with Gasteiger partial charge in [0.2, 0.25) is 5.95 Å². The zero-order valence-electron chi connectivity index (χ0n) is 12.1. The summed E-state index contributed by atoms with van der Waals surface area (Å²) in [7, 11) is 0. The van der Waals surface area contributed by atoms with Crippen LogP contribution in [0, 0.1) is 5.92 Å². The third-order valence-corrected chi connectivity index (χ3v) is 2.73. The molecule has 0 aliphatic carbocycles. The topological polar surface area (TPSA) is 66.9 Å². The molecular weight excluding hydrogens is 240 g/mol. The number of hydrogen-bond donors (Lipinski definition) is 2. The Kier molecular flexibility index (Phi) is 6.85. The quantitative estimate of drug-likeness (QED) is 0.708. The number of aromatic nitrogens is 2. The maximum atomic E-state index is 11.7. The smallest absolute Gasteiger partial charge is 0.254 e. The lowest BCUT2D eigenvalue weighted by atomic mass is 10.1. The number of anilines is 1. The van der Waals surface area contributed by atoms with Crippen LogP contribution in [0.1, 0.15) is 50.4 Å². The molecule has 0 aromatic carbocycles. The van der Waals surface area contributed by atoms with Crippen LogP contribution in [0.2, 0.25) is 0 Å². The van der Waals surface area contributed by atoms with E-state index >= 15 is 0 Å². The summed E-state index contributed by atoms with van der Waals surface area (Å²) in [6, 6.07) is 0. The summed E-state index contributed by atoms with van der Waals surface area (Å²) in [5.41, 5.74) is 0.505. The Bertz CT molecular complexity index is 376. The molecule has 0 atom stereocenters. The summed E-state index contributed by atoms with van der Waals surface area (Å²) >= 11 is 0. The number of unbranched alkanes of at least 4 members (excludes halogenated alkanes) is 1. The third kappa shape index (κ3) is 6.18.